The summed E-state index contributed by atoms with van der Waals surface area (Å²) in [6, 6.07) is 11.9. The number of rotatable bonds is 6. The van der Waals surface area contributed by atoms with Crippen molar-refractivity contribution in [2.24, 2.45) is 0 Å². The van der Waals surface area contributed by atoms with Crippen LogP contribution >= 0.6 is 11.3 Å². The molecule has 1 amide bonds. The molecule has 0 saturated heterocycles. The zero-order valence-electron chi connectivity index (χ0n) is 15.9. The van der Waals surface area contributed by atoms with E-state index in [0.29, 0.717) is 21.9 Å². The van der Waals surface area contributed by atoms with E-state index in [1.165, 1.54) is 30.4 Å². The van der Waals surface area contributed by atoms with E-state index in [2.05, 4.69) is 5.32 Å². The SMILES string of the molecule is Cc1cc(S(=O)(=O)C(CNC(=O)c2ccc3c(c2)OCO3)c2cccs2)ccc1F. The zero-order chi connectivity index (χ0) is 21.3. The van der Waals surface area contributed by atoms with E-state index in [-0.39, 0.29) is 23.8 Å². The molecule has 1 atom stereocenters. The number of nitrogens with one attached hydrogen (secondary N) is 1. The fourth-order valence-corrected chi connectivity index (χ4v) is 5.99. The van der Waals surface area contributed by atoms with Gasteiger partial charge in [-0.25, -0.2) is 12.8 Å². The monoisotopic (exact) mass is 447 g/mol. The van der Waals surface area contributed by atoms with Gasteiger partial charge < -0.3 is 14.8 Å². The van der Waals surface area contributed by atoms with Crippen molar-refractivity contribution in [3.8, 4) is 11.5 Å². The Bertz CT molecular complexity index is 1190. The van der Waals surface area contributed by atoms with Gasteiger partial charge in [-0.15, -0.1) is 11.3 Å². The van der Waals surface area contributed by atoms with E-state index >= 15 is 0 Å². The van der Waals surface area contributed by atoms with Crippen molar-refractivity contribution in [3.05, 3.63) is 75.7 Å². The van der Waals surface area contributed by atoms with Crippen molar-refractivity contribution in [2.75, 3.05) is 13.3 Å². The molecule has 1 aliphatic heterocycles. The molecule has 0 fully saturated rings. The average molecular weight is 448 g/mol. The molecule has 0 radical (unpaired) electrons. The Morgan fingerprint density at radius 1 is 1.17 bits per heavy atom. The van der Waals surface area contributed by atoms with Gasteiger partial charge in [0.25, 0.3) is 5.91 Å². The van der Waals surface area contributed by atoms with E-state index < -0.39 is 26.8 Å². The highest BCUT2D eigenvalue weighted by molar-refractivity contribution is 7.91. The number of ether oxygens (including phenoxy) is 2. The first-order valence-corrected chi connectivity index (χ1v) is 11.5. The molecule has 0 aliphatic carbocycles. The Balaban J connectivity index is 1.59. The number of halogens is 1. The third-order valence-electron chi connectivity index (χ3n) is 4.78. The molecular weight excluding hydrogens is 429 g/mol. The van der Waals surface area contributed by atoms with Crippen LogP contribution in [0.15, 0.2) is 58.8 Å². The minimum absolute atomic E-state index is 0.0112. The average Bonchev–Trinajstić information content (AvgIpc) is 3.41. The van der Waals surface area contributed by atoms with Gasteiger partial charge in [0.2, 0.25) is 6.79 Å². The number of hydrogen-bond acceptors (Lipinski definition) is 6. The normalized spacial score (nSPS) is 13.8. The summed E-state index contributed by atoms with van der Waals surface area (Å²) in [5.74, 6) is 0.113. The maximum Gasteiger partial charge on any atom is 0.251 e. The van der Waals surface area contributed by atoms with Crippen LogP contribution in [-0.4, -0.2) is 27.7 Å². The van der Waals surface area contributed by atoms with Crippen LogP contribution in [0, 0.1) is 12.7 Å². The lowest BCUT2D eigenvalue weighted by Gasteiger charge is -2.18. The summed E-state index contributed by atoms with van der Waals surface area (Å²) in [6.07, 6.45) is 0. The fraction of sp³-hybridized carbons (Fsp3) is 0.190. The van der Waals surface area contributed by atoms with Gasteiger partial charge in [-0.05, 0) is 60.3 Å². The fourth-order valence-electron chi connectivity index (χ4n) is 3.12. The number of fused-ring (bicyclic) bond motifs is 1. The molecule has 3 aromatic rings. The van der Waals surface area contributed by atoms with Gasteiger partial charge in [0.05, 0.1) is 4.90 Å². The molecule has 0 saturated carbocycles. The molecule has 6 nitrogen and oxygen atoms in total. The van der Waals surface area contributed by atoms with Crippen molar-refractivity contribution in [3.63, 3.8) is 0 Å². The highest BCUT2D eigenvalue weighted by Gasteiger charge is 2.31. The summed E-state index contributed by atoms with van der Waals surface area (Å²) in [7, 11) is -3.87. The van der Waals surface area contributed by atoms with Gasteiger partial charge >= 0.3 is 0 Å². The minimum Gasteiger partial charge on any atom is -0.454 e. The van der Waals surface area contributed by atoms with E-state index in [0.717, 1.165) is 6.07 Å². The molecule has 2 aromatic carbocycles. The van der Waals surface area contributed by atoms with Gasteiger partial charge in [-0.2, -0.15) is 0 Å². The molecule has 1 aliphatic rings. The van der Waals surface area contributed by atoms with Crippen molar-refractivity contribution in [2.45, 2.75) is 17.1 Å². The highest BCUT2D eigenvalue weighted by Crippen LogP contribution is 2.34. The number of benzene rings is 2. The molecular formula is C21H18FNO5S2. The molecule has 30 heavy (non-hydrogen) atoms. The predicted octanol–water partition coefficient (Wildman–Crippen LogP) is 3.87. The largest absolute Gasteiger partial charge is 0.454 e. The van der Waals surface area contributed by atoms with Gasteiger partial charge in [0.15, 0.2) is 21.3 Å². The van der Waals surface area contributed by atoms with Gasteiger partial charge in [0, 0.05) is 17.0 Å². The molecule has 1 aromatic heterocycles. The van der Waals surface area contributed by atoms with Gasteiger partial charge in [-0.3, -0.25) is 4.79 Å². The third-order valence-corrected chi connectivity index (χ3v) is 7.99. The number of hydrogen-bond donors (Lipinski definition) is 1. The van der Waals surface area contributed by atoms with Crippen molar-refractivity contribution < 1.29 is 27.1 Å². The first-order chi connectivity index (χ1) is 14.4. The Labute approximate surface area is 177 Å². The second kappa shape index (κ2) is 8.08. The van der Waals surface area contributed by atoms with Crippen LogP contribution in [0.4, 0.5) is 4.39 Å². The Morgan fingerprint density at radius 3 is 2.70 bits per heavy atom. The zero-order valence-corrected chi connectivity index (χ0v) is 17.6. The lowest BCUT2D eigenvalue weighted by molar-refractivity contribution is 0.0953. The quantitative estimate of drug-likeness (QED) is 0.580. The van der Waals surface area contributed by atoms with Crippen molar-refractivity contribution in [1.29, 1.82) is 0 Å². The van der Waals surface area contributed by atoms with Crippen LogP contribution in [0.2, 0.25) is 0 Å². The molecule has 2 heterocycles. The van der Waals surface area contributed by atoms with Crippen LogP contribution < -0.4 is 14.8 Å². The lowest BCUT2D eigenvalue weighted by Crippen LogP contribution is -2.31. The Kier molecular flexibility index (Phi) is 5.48. The summed E-state index contributed by atoms with van der Waals surface area (Å²) in [6.45, 7) is 1.47. The first-order valence-electron chi connectivity index (χ1n) is 9.07. The molecule has 1 N–H and O–H groups in total. The number of amides is 1. The molecule has 156 valence electrons. The minimum atomic E-state index is -3.87. The summed E-state index contributed by atoms with van der Waals surface area (Å²) in [4.78, 5) is 13.2. The van der Waals surface area contributed by atoms with Crippen LogP contribution in [0.5, 0.6) is 11.5 Å². The number of sulfone groups is 1. The highest BCUT2D eigenvalue weighted by atomic mass is 32.2. The maximum absolute atomic E-state index is 13.6. The number of aryl methyl sites for hydroxylation is 1. The Hall–Kier alpha value is -2.91. The molecule has 1 unspecified atom stereocenters. The summed E-state index contributed by atoms with van der Waals surface area (Å²) in [5, 5.41) is 3.47. The molecule has 0 spiro atoms. The molecule has 4 rings (SSSR count). The van der Waals surface area contributed by atoms with Crippen LogP contribution in [-0.2, 0) is 9.84 Å². The van der Waals surface area contributed by atoms with Gasteiger partial charge in [0.1, 0.15) is 11.1 Å². The Morgan fingerprint density at radius 2 is 1.97 bits per heavy atom. The number of carbonyl (C=O) groups excluding carboxylic acids is 1. The topological polar surface area (TPSA) is 81.7 Å². The van der Waals surface area contributed by atoms with Crippen LogP contribution in [0.1, 0.15) is 26.0 Å². The van der Waals surface area contributed by atoms with Crippen LogP contribution in [0.3, 0.4) is 0 Å². The summed E-state index contributed by atoms with van der Waals surface area (Å²) < 4.78 is 50.7. The van der Waals surface area contributed by atoms with E-state index in [9.17, 15) is 17.6 Å². The lowest BCUT2D eigenvalue weighted by atomic mass is 10.2. The second-order valence-electron chi connectivity index (χ2n) is 6.74. The first kappa shape index (κ1) is 20.4. The molecule has 0 bridgehead atoms. The smallest absolute Gasteiger partial charge is 0.251 e. The third kappa shape index (κ3) is 3.90. The van der Waals surface area contributed by atoms with Crippen molar-refractivity contribution in [1.82, 2.24) is 5.32 Å². The maximum atomic E-state index is 13.6. The molecule has 9 heteroatoms. The van der Waals surface area contributed by atoms with Crippen LogP contribution in [0.25, 0.3) is 0 Å². The van der Waals surface area contributed by atoms with E-state index in [1.807, 2.05) is 0 Å². The standard InChI is InChI=1S/C21H18FNO5S2/c1-13-9-15(5-6-16(13)22)30(25,26)20(19-3-2-8-29-19)11-23-21(24)14-4-7-17-18(10-14)28-12-27-17/h2-10,20H,11-12H2,1H3,(H,23,24). The number of carbonyl (C=O) groups is 1. The second-order valence-corrected chi connectivity index (χ2v) is 9.85. The van der Waals surface area contributed by atoms with E-state index in [4.69, 9.17) is 9.47 Å². The van der Waals surface area contributed by atoms with E-state index in [1.54, 1.807) is 35.7 Å². The number of thiophene rings is 1. The predicted molar refractivity (Wildman–Crippen MR) is 110 cm³/mol. The van der Waals surface area contributed by atoms with Crippen molar-refractivity contribution >= 4 is 27.1 Å². The summed E-state index contributed by atoms with van der Waals surface area (Å²) in [5.41, 5.74) is 0.574. The summed E-state index contributed by atoms with van der Waals surface area (Å²) >= 11 is 1.28. The van der Waals surface area contributed by atoms with Gasteiger partial charge in [-0.1, -0.05) is 6.07 Å².